The maximum absolute atomic E-state index is 12.1. The number of hydrogen-bond donors (Lipinski definition) is 3. The number of rotatable bonds is 4. The summed E-state index contributed by atoms with van der Waals surface area (Å²) in [5, 5.41) is 10.8. The third-order valence-corrected chi connectivity index (χ3v) is 1.98. The predicted molar refractivity (Wildman–Crippen MR) is 71.7 cm³/mol. The first kappa shape index (κ1) is 17.0. The monoisotopic (exact) mass is 320 g/mol. The van der Waals surface area contributed by atoms with Gasteiger partial charge in [0.2, 0.25) is 5.96 Å². The van der Waals surface area contributed by atoms with Gasteiger partial charge in [-0.1, -0.05) is 0 Å². The van der Waals surface area contributed by atoms with Crippen molar-refractivity contribution in [1.29, 1.82) is 0 Å². The summed E-state index contributed by atoms with van der Waals surface area (Å²) in [5.41, 5.74) is 14.8. The summed E-state index contributed by atoms with van der Waals surface area (Å²) in [7, 11) is 0. The SMILES string of the molecule is NC(N)=NC(N)=Nc1cc(OCC(F)(F)F)cc([N+](=O)[O-])c1. The second kappa shape index (κ2) is 6.60. The second-order valence-corrected chi connectivity index (χ2v) is 3.85. The van der Waals surface area contributed by atoms with Crippen molar-refractivity contribution in [3.05, 3.63) is 28.3 Å². The number of nitro benzene ring substituents is 1. The van der Waals surface area contributed by atoms with Crippen molar-refractivity contribution >= 4 is 23.3 Å². The molecule has 0 aliphatic heterocycles. The number of guanidine groups is 2. The number of non-ortho nitro benzene ring substituents is 1. The minimum Gasteiger partial charge on any atom is -0.484 e. The van der Waals surface area contributed by atoms with Crippen LogP contribution in [0.15, 0.2) is 28.2 Å². The van der Waals surface area contributed by atoms with E-state index in [1.54, 1.807) is 0 Å². The molecule has 6 N–H and O–H groups in total. The van der Waals surface area contributed by atoms with E-state index in [-0.39, 0.29) is 5.69 Å². The molecular weight excluding hydrogens is 309 g/mol. The summed E-state index contributed by atoms with van der Waals surface area (Å²) in [5.74, 6) is -1.23. The zero-order valence-electron chi connectivity index (χ0n) is 10.9. The number of alkyl halides is 3. The Morgan fingerprint density at radius 3 is 2.41 bits per heavy atom. The molecule has 0 radical (unpaired) electrons. The molecule has 0 unspecified atom stereocenters. The summed E-state index contributed by atoms with van der Waals surface area (Å²) >= 11 is 0. The van der Waals surface area contributed by atoms with Crippen LogP contribution < -0.4 is 21.9 Å². The third-order valence-electron chi connectivity index (χ3n) is 1.98. The molecule has 0 saturated heterocycles. The van der Waals surface area contributed by atoms with E-state index < -0.39 is 41.1 Å². The largest absolute Gasteiger partial charge is 0.484 e. The Balaban J connectivity index is 3.15. The maximum Gasteiger partial charge on any atom is 0.422 e. The van der Waals surface area contributed by atoms with Crippen molar-refractivity contribution in [3.63, 3.8) is 0 Å². The highest BCUT2D eigenvalue weighted by molar-refractivity contribution is 5.93. The third kappa shape index (κ3) is 5.94. The van der Waals surface area contributed by atoms with E-state index in [0.29, 0.717) is 0 Å². The Hall–Kier alpha value is -3.05. The zero-order chi connectivity index (χ0) is 16.9. The molecule has 22 heavy (non-hydrogen) atoms. The number of ether oxygens (including phenoxy) is 1. The minimum absolute atomic E-state index is 0.145. The topological polar surface area (TPSA) is 155 Å². The predicted octanol–water partition coefficient (Wildman–Crippen LogP) is 0.756. The van der Waals surface area contributed by atoms with Gasteiger partial charge in [-0.25, -0.2) is 4.99 Å². The van der Waals surface area contributed by atoms with Crippen LogP contribution >= 0.6 is 0 Å². The zero-order valence-corrected chi connectivity index (χ0v) is 10.9. The van der Waals surface area contributed by atoms with E-state index in [9.17, 15) is 23.3 Å². The van der Waals surface area contributed by atoms with E-state index in [0.717, 1.165) is 18.2 Å². The van der Waals surface area contributed by atoms with E-state index in [2.05, 4.69) is 14.7 Å². The molecule has 120 valence electrons. The first-order valence-corrected chi connectivity index (χ1v) is 5.49. The number of benzene rings is 1. The fourth-order valence-electron chi connectivity index (χ4n) is 1.28. The molecule has 1 rings (SSSR count). The highest BCUT2D eigenvalue weighted by Crippen LogP contribution is 2.29. The molecule has 0 saturated carbocycles. The molecule has 1 aromatic carbocycles. The Morgan fingerprint density at radius 1 is 1.27 bits per heavy atom. The van der Waals surface area contributed by atoms with Crippen molar-refractivity contribution in [2.24, 2.45) is 27.2 Å². The van der Waals surface area contributed by atoms with Gasteiger partial charge < -0.3 is 21.9 Å². The van der Waals surface area contributed by atoms with Crippen LogP contribution in [0.1, 0.15) is 0 Å². The smallest absolute Gasteiger partial charge is 0.422 e. The maximum atomic E-state index is 12.1. The van der Waals surface area contributed by atoms with Gasteiger partial charge in [-0.2, -0.15) is 18.2 Å². The lowest BCUT2D eigenvalue weighted by atomic mass is 10.2. The average Bonchev–Trinajstić information content (AvgIpc) is 2.34. The van der Waals surface area contributed by atoms with Crippen LogP contribution in [-0.2, 0) is 0 Å². The molecule has 0 amide bonds. The number of hydrogen-bond acceptors (Lipinski definition) is 4. The molecule has 12 heteroatoms. The number of halogens is 3. The van der Waals surface area contributed by atoms with Crippen LogP contribution in [0.2, 0.25) is 0 Å². The Kier molecular flexibility index (Phi) is 5.10. The summed E-state index contributed by atoms with van der Waals surface area (Å²) in [6.45, 7) is -1.61. The van der Waals surface area contributed by atoms with E-state index in [1.165, 1.54) is 0 Å². The van der Waals surface area contributed by atoms with Gasteiger partial charge in [0, 0.05) is 12.1 Å². The lowest BCUT2D eigenvalue weighted by molar-refractivity contribution is -0.384. The van der Waals surface area contributed by atoms with Gasteiger partial charge in [-0.3, -0.25) is 10.1 Å². The second-order valence-electron chi connectivity index (χ2n) is 3.85. The van der Waals surface area contributed by atoms with Crippen LogP contribution in [0, 0.1) is 10.1 Å². The normalized spacial score (nSPS) is 11.9. The highest BCUT2D eigenvalue weighted by atomic mass is 19.4. The summed E-state index contributed by atoms with van der Waals surface area (Å²) in [6.07, 6.45) is -4.59. The van der Waals surface area contributed by atoms with Gasteiger partial charge in [-0.15, -0.1) is 0 Å². The Morgan fingerprint density at radius 2 is 1.91 bits per heavy atom. The van der Waals surface area contributed by atoms with Crippen molar-refractivity contribution in [3.8, 4) is 5.75 Å². The average molecular weight is 320 g/mol. The van der Waals surface area contributed by atoms with Crippen LogP contribution in [-0.4, -0.2) is 29.6 Å². The van der Waals surface area contributed by atoms with Crippen molar-refractivity contribution in [2.45, 2.75) is 6.18 Å². The number of nitrogens with two attached hydrogens (primary N) is 3. The van der Waals surface area contributed by atoms with E-state index in [1.807, 2.05) is 0 Å². The van der Waals surface area contributed by atoms with Crippen molar-refractivity contribution < 1.29 is 22.8 Å². The molecule has 0 spiro atoms. The molecule has 0 bridgehead atoms. The first-order chi connectivity index (χ1) is 10.1. The van der Waals surface area contributed by atoms with Gasteiger partial charge in [0.25, 0.3) is 5.69 Å². The molecule has 0 atom stereocenters. The first-order valence-electron chi connectivity index (χ1n) is 5.49. The van der Waals surface area contributed by atoms with Gasteiger partial charge in [0.05, 0.1) is 16.7 Å². The fraction of sp³-hybridized carbons (Fsp3) is 0.200. The lowest BCUT2D eigenvalue weighted by Gasteiger charge is -2.09. The highest BCUT2D eigenvalue weighted by Gasteiger charge is 2.28. The van der Waals surface area contributed by atoms with E-state index >= 15 is 0 Å². The summed E-state index contributed by atoms with van der Waals surface area (Å²) < 4.78 is 40.7. The van der Waals surface area contributed by atoms with Gasteiger partial charge in [0.15, 0.2) is 12.6 Å². The van der Waals surface area contributed by atoms with Crippen molar-refractivity contribution in [1.82, 2.24) is 0 Å². The Labute approximate surface area is 121 Å². The van der Waals surface area contributed by atoms with Crippen LogP contribution in [0.5, 0.6) is 5.75 Å². The number of aliphatic imine (C=N–C) groups is 2. The number of nitro groups is 1. The molecule has 1 aromatic rings. The van der Waals surface area contributed by atoms with E-state index in [4.69, 9.17) is 17.2 Å². The quantitative estimate of drug-likeness (QED) is 0.322. The minimum atomic E-state index is -4.59. The van der Waals surface area contributed by atoms with Gasteiger partial charge in [0.1, 0.15) is 5.75 Å². The van der Waals surface area contributed by atoms with Crippen LogP contribution in [0.3, 0.4) is 0 Å². The standard InChI is InChI=1S/C10H11F3N6O3/c11-10(12,13)4-22-7-2-5(1-6(3-7)19(20)21)17-9(16)18-8(14)15/h1-3H,4H2,(H6,14,15,16,17,18). The van der Waals surface area contributed by atoms with Crippen molar-refractivity contribution in [2.75, 3.05) is 6.61 Å². The molecule has 9 nitrogen and oxygen atoms in total. The molecule has 0 heterocycles. The summed E-state index contributed by atoms with van der Waals surface area (Å²) in [6, 6.07) is 2.81. The molecule has 0 aliphatic carbocycles. The lowest BCUT2D eigenvalue weighted by Crippen LogP contribution is -2.26. The summed E-state index contributed by atoms with van der Waals surface area (Å²) in [4.78, 5) is 16.9. The molecule has 0 fully saturated rings. The molecule has 0 aromatic heterocycles. The molecular formula is C10H11F3N6O3. The van der Waals surface area contributed by atoms with Gasteiger partial charge in [-0.05, 0) is 0 Å². The molecule has 0 aliphatic rings. The van der Waals surface area contributed by atoms with Crippen LogP contribution in [0.25, 0.3) is 0 Å². The van der Waals surface area contributed by atoms with Crippen LogP contribution in [0.4, 0.5) is 24.5 Å². The number of nitrogens with zero attached hydrogens (tertiary/aromatic N) is 3. The fourth-order valence-corrected chi connectivity index (χ4v) is 1.28. The Bertz CT molecular complexity index is 625. The van der Waals surface area contributed by atoms with Gasteiger partial charge >= 0.3 is 6.18 Å².